The van der Waals surface area contributed by atoms with Gasteiger partial charge in [-0.1, -0.05) is 18.2 Å². The van der Waals surface area contributed by atoms with Gasteiger partial charge in [-0.2, -0.15) is 0 Å². The average Bonchev–Trinajstić information content (AvgIpc) is 2.77. The van der Waals surface area contributed by atoms with Crippen molar-refractivity contribution in [3.05, 3.63) is 30.3 Å². The molecule has 1 N–H and O–H groups in total. The van der Waals surface area contributed by atoms with E-state index in [0.717, 1.165) is 0 Å². The number of hydrogen-bond acceptors (Lipinski definition) is 4. The van der Waals surface area contributed by atoms with Crippen LogP contribution in [0.5, 0.6) is 5.75 Å². The summed E-state index contributed by atoms with van der Waals surface area (Å²) in [6, 6.07) is 8.23. The lowest BCUT2D eigenvalue weighted by atomic mass is 10.2. The van der Waals surface area contributed by atoms with Crippen molar-refractivity contribution in [2.24, 2.45) is 0 Å². The van der Waals surface area contributed by atoms with Crippen molar-refractivity contribution in [2.75, 3.05) is 13.2 Å². The van der Waals surface area contributed by atoms with E-state index in [-0.39, 0.29) is 24.8 Å². The van der Waals surface area contributed by atoms with Gasteiger partial charge in [0.25, 0.3) is 5.91 Å². The maximum Gasteiger partial charge on any atom is 0.261 e. The zero-order valence-electron chi connectivity index (χ0n) is 11.2. The quantitative estimate of drug-likeness (QED) is 0.786. The minimum atomic E-state index is -0.723. The summed E-state index contributed by atoms with van der Waals surface area (Å²) < 4.78 is 5.36. The van der Waals surface area contributed by atoms with Crippen molar-refractivity contribution in [3.8, 4) is 5.75 Å². The van der Waals surface area contributed by atoms with Gasteiger partial charge in [0.15, 0.2) is 6.61 Å². The van der Waals surface area contributed by atoms with Crippen molar-refractivity contribution < 1.29 is 19.1 Å². The van der Waals surface area contributed by atoms with E-state index in [1.807, 2.05) is 6.07 Å². The number of benzene rings is 1. The number of carbonyl (C=O) groups is 3. The van der Waals surface area contributed by atoms with Crippen LogP contribution < -0.4 is 10.1 Å². The summed E-state index contributed by atoms with van der Waals surface area (Å²) in [6.45, 7) is 1.95. The fraction of sp³-hybridized carbons (Fsp3) is 0.357. The van der Waals surface area contributed by atoms with Crippen LogP contribution in [0, 0.1) is 0 Å². The lowest BCUT2D eigenvalue weighted by Crippen LogP contribution is -2.46. The number of imide groups is 1. The highest BCUT2D eigenvalue weighted by atomic mass is 16.5. The molecule has 6 heteroatoms. The molecule has 20 heavy (non-hydrogen) atoms. The maximum absolute atomic E-state index is 12.1. The standard InChI is InChI=1S/C14H16N2O4/c1-2-16(11-8-12(17)15-14(11)19)13(18)9-20-10-6-4-3-5-7-10/h3-7,11H,2,8-9H2,1H3,(H,15,17,19). The average molecular weight is 276 g/mol. The molecule has 1 atom stereocenters. The van der Waals surface area contributed by atoms with Crippen LogP contribution in [0.1, 0.15) is 13.3 Å². The molecule has 1 unspecified atom stereocenters. The second kappa shape index (κ2) is 6.18. The lowest BCUT2D eigenvalue weighted by Gasteiger charge is -2.25. The van der Waals surface area contributed by atoms with E-state index in [9.17, 15) is 14.4 Å². The number of hydrogen-bond donors (Lipinski definition) is 1. The van der Waals surface area contributed by atoms with E-state index in [1.54, 1.807) is 31.2 Å². The fourth-order valence-corrected chi connectivity index (χ4v) is 2.11. The van der Waals surface area contributed by atoms with Crippen LogP contribution in [0.2, 0.25) is 0 Å². The molecule has 1 aliphatic heterocycles. The van der Waals surface area contributed by atoms with E-state index >= 15 is 0 Å². The molecule has 1 saturated heterocycles. The molecule has 0 radical (unpaired) electrons. The number of carbonyl (C=O) groups excluding carboxylic acids is 3. The van der Waals surface area contributed by atoms with Crippen LogP contribution in [-0.4, -0.2) is 41.8 Å². The Morgan fingerprint density at radius 3 is 2.60 bits per heavy atom. The van der Waals surface area contributed by atoms with Crippen LogP contribution in [0.15, 0.2) is 30.3 Å². The van der Waals surface area contributed by atoms with E-state index in [4.69, 9.17) is 4.74 Å². The predicted molar refractivity (Wildman–Crippen MR) is 70.9 cm³/mol. The largest absolute Gasteiger partial charge is 0.484 e. The number of likely N-dealkylation sites (N-methyl/N-ethyl adjacent to an activating group) is 1. The smallest absolute Gasteiger partial charge is 0.261 e. The molecule has 1 heterocycles. The Morgan fingerprint density at radius 1 is 1.35 bits per heavy atom. The van der Waals surface area contributed by atoms with Crippen molar-refractivity contribution in [2.45, 2.75) is 19.4 Å². The minimum absolute atomic E-state index is 0.0176. The first-order valence-corrected chi connectivity index (χ1v) is 6.43. The first kappa shape index (κ1) is 14.0. The molecule has 1 aromatic carbocycles. The van der Waals surface area contributed by atoms with Gasteiger partial charge >= 0.3 is 0 Å². The second-order valence-corrected chi connectivity index (χ2v) is 4.41. The third-order valence-electron chi connectivity index (χ3n) is 3.09. The van der Waals surface area contributed by atoms with Gasteiger partial charge in [-0.25, -0.2) is 0 Å². The Kier molecular flexibility index (Phi) is 4.34. The number of rotatable bonds is 5. The Morgan fingerprint density at radius 2 is 2.05 bits per heavy atom. The number of nitrogens with zero attached hydrogens (tertiary/aromatic N) is 1. The molecule has 0 bridgehead atoms. The Balaban J connectivity index is 1.96. The van der Waals surface area contributed by atoms with Gasteiger partial charge in [0.1, 0.15) is 11.8 Å². The first-order chi connectivity index (χ1) is 9.61. The number of amides is 3. The molecule has 1 aliphatic rings. The first-order valence-electron chi connectivity index (χ1n) is 6.43. The molecular formula is C14H16N2O4. The molecule has 2 rings (SSSR count). The summed E-state index contributed by atoms with van der Waals surface area (Å²) in [6.07, 6.45) is 0.0176. The van der Waals surface area contributed by atoms with Gasteiger partial charge < -0.3 is 9.64 Å². The van der Waals surface area contributed by atoms with Crippen molar-refractivity contribution in [1.29, 1.82) is 0 Å². The van der Waals surface area contributed by atoms with Crippen molar-refractivity contribution in [3.63, 3.8) is 0 Å². The molecule has 1 fully saturated rings. The Labute approximate surface area is 116 Å². The van der Waals surface area contributed by atoms with Crippen molar-refractivity contribution >= 4 is 17.7 Å². The van der Waals surface area contributed by atoms with E-state index in [0.29, 0.717) is 12.3 Å². The topological polar surface area (TPSA) is 75.7 Å². The van der Waals surface area contributed by atoms with Crippen LogP contribution >= 0.6 is 0 Å². The maximum atomic E-state index is 12.1. The second-order valence-electron chi connectivity index (χ2n) is 4.41. The molecule has 0 aliphatic carbocycles. The Hall–Kier alpha value is -2.37. The normalized spacial score (nSPS) is 17.8. The van der Waals surface area contributed by atoms with Crippen LogP contribution in [0.25, 0.3) is 0 Å². The summed E-state index contributed by atoms with van der Waals surface area (Å²) >= 11 is 0. The molecule has 1 aromatic rings. The van der Waals surface area contributed by atoms with Gasteiger partial charge in [0, 0.05) is 6.54 Å². The Bertz CT molecular complexity index is 515. The highest BCUT2D eigenvalue weighted by Gasteiger charge is 2.37. The molecule has 0 saturated carbocycles. The number of ether oxygens (including phenoxy) is 1. The molecule has 106 valence electrons. The summed E-state index contributed by atoms with van der Waals surface area (Å²) in [5.41, 5.74) is 0. The summed E-state index contributed by atoms with van der Waals surface area (Å²) in [5, 5.41) is 2.20. The summed E-state index contributed by atoms with van der Waals surface area (Å²) in [4.78, 5) is 36.2. The van der Waals surface area contributed by atoms with Crippen LogP contribution in [0.4, 0.5) is 0 Å². The van der Waals surface area contributed by atoms with Crippen LogP contribution in [0.3, 0.4) is 0 Å². The van der Waals surface area contributed by atoms with Gasteiger partial charge in [0.2, 0.25) is 11.8 Å². The van der Waals surface area contributed by atoms with Crippen LogP contribution in [-0.2, 0) is 14.4 Å². The third kappa shape index (κ3) is 3.14. The van der Waals surface area contributed by atoms with E-state index in [1.165, 1.54) is 4.90 Å². The SMILES string of the molecule is CCN(C(=O)COc1ccccc1)C1CC(=O)NC1=O. The highest BCUT2D eigenvalue weighted by Crippen LogP contribution is 2.13. The summed E-state index contributed by atoms with van der Waals surface area (Å²) in [5.74, 6) is -0.504. The van der Waals surface area contributed by atoms with Gasteiger partial charge in [-0.3, -0.25) is 19.7 Å². The monoisotopic (exact) mass is 276 g/mol. The fourth-order valence-electron chi connectivity index (χ4n) is 2.11. The predicted octanol–water partition coefficient (Wildman–Crippen LogP) is 0.329. The molecule has 0 spiro atoms. The van der Waals surface area contributed by atoms with Gasteiger partial charge in [-0.05, 0) is 19.1 Å². The van der Waals surface area contributed by atoms with E-state index < -0.39 is 11.9 Å². The minimum Gasteiger partial charge on any atom is -0.484 e. The zero-order chi connectivity index (χ0) is 14.5. The van der Waals surface area contributed by atoms with Gasteiger partial charge in [-0.15, -0.1) is 0 Å². The summed E-state index contributed by atoms with van der Waals surface area (Å²) in [7, 11) is 0. The molecule has 0 aromatic heterocycles. The molecule has 6 nitrogen and oxygen atoms in total. The van der Waals surface area contributed by atoms with Crippen molar-refractivity contribution in [1.82, 2.24) is 10.2 Å². The van der Waals surface area contributed by atoms with Gasteiger partial charge in [0.05, 0.1) is 6.42 Å². The number of para-hydroxylation sites is 1. The molecule has 3 amide bonds. The highest BCUT2D eigenvalue weighted by molar-refractivity contribution is 6.06. The lowest BCUT2D eigenvalue weighted by molar-refractivity contribution is -0.140. The third-order valence-corrected chi connectivity index (χ3v) is 3.09. The zero-order valence-corrected chi connectivity index (χ0v) is 11.2. The van der Waals surface area contributed by atoms with E-state index in [2.05, 4.69) is 5.32 Å². The molecular weight excluding hydrogens is 260 g/mol. The number of nitrogens with one attached hydrogen (secondary N) is 1.